The van der Waals surface area contributed by atoms with Crippen LogP contribution in [-0.4, -0.2) is 149 Å². The number of thioether (sulfide) groups is 1. The van der Waals surface area contributed by atoms with Gasteiger partial charge in [0.05, 0.1) is 57.7 Å². The zero-order valence-electron chi connectivity index (χ0n) is 35.5. The molecule has 4 heterocycles. The standard InChI is InChI=1S/C41H60N12O8S/c1-3-4-5-10-44-38-37-33(46-41(43)47-38)8-11-52(37)25-30-7-6-29(21-28(30)2)24-50-12-14-51(15-13-50)36(55)9-17-60-19-20-61-18-16-53-26-31(48-49-53)23-45-35(54)22-34(40(58)59)62-27-32(42)39(56)57/h6-8,11,21,26,32,34H,3-5,9-10,12-20,22-25,27,42H2,1-2H3,(H,45,54)(H,56,57)(H,58,59)(H3,43,44,46,47)/t32-,34-/m0/s1. The van der Waals surface area contributed by atoms with Crippen LogP contribution in [0.1, 0.15) is 61.4 Å². The number of aliphatic carboxylic acids is 2. The first-order valence-corrected chi connectivity index (χ1v) is 22.0. The fourth-order valence-electron chi connectivity index (χ4n) is 6.86. The number of carboxylic acid groups (broad SMARTS) is 2. The fraction of sp³-hybridized carbons (Fsp3) is 0.561. The largest absolute Gasteiger partial charge is 0.480 e. The molecule has 5 rings (SSSR count). The number of hydrogen-bond acceptors (Lipinski definition) is 15. The number of nitrogens with two attached hydrogens (primary N) is 2. The lowest BCUT2D eigenvalue weighted by Crippen LogP contribution is -2.48. The number of aryl methyl sites for hydroxylation is 1. The number of aromatic nitrogens is 6. The van der Waals surface area contributed by atoms with E-state index >= 15 is 0 Å². The fourth-order valence-corrected chi connectivity index (χ4v) is 7.85. The van der Waals surface area contributed by atoms with E-state index in [-0.39, 0.29) is 30.6 Å². The van der Waals surface area contributed by atoms with Gasteiger partial charge in [0.15, 0.2) is 5.82 Å². The number of nitrogens with zero attached hydrogens (tertiary/aromatic N) is 8. The molecule has 2 atom stereocenters. The number of carboxylic acids is 2. The minimum absolute atomic E-state index is 0.0449. The molecule has 0 spiro atoms. The number of carbonyl (C=O) groups excluding carboxylic acids is 2. The summed E-state index contributed by atoms with van der Waals surface area (Å²) in [6.07, 6.45) is 7.02. The second-order valence-corrected chi connectivity index (χ2v) is 16.4. The molecular formula is C41H60N12O8S. The smallest absolute Gasteiger partial charge is 0.321 e. The Hall–Kier alpha value is -5.35. The van der Waals surface area contributed by atoms with Gasteiger partial charge in [0.2, 0.25) is 17.8 Å². The molecule has 0 radical (unpaired) electrons. The van der Waals surface area contributed by atoms with Crippen molar-refractivity contribution in [2.45, 2.75) is 83.4 Å². The highest BCUT2D eigenvalue weighted by molar-refractivity contribution is 8.00. The van der Waals surface area contributed by atoms with Crippen LogP contribution in [0.3, 0.4) is 0 Å². The first-order valence-electron chi connectivity index (χ1n) is 21.0. The van der Waals surface area contributed by atoms with Gasteiger partial charge in [0, 0.05) is 64.2 Å². The van der Waals surface area contributed by atoms with Gasteiger partial charge in [-0.2, -0.15) is 4.98 Å². The average Bonchev–Trinajstić information content (AvgIpc) is 3.88. The molecule has 0 aliphatic carbocycles. The van der Waals surface area contributed by atoms with Crippen LogP contribution in [0.25, 0.3) is 11.0 Å². The molecule has 8 N–H and O–H groups in total. The molecule has 1 aliphatic heterocycles. The number of hydrogen-bond donors (Lipinski definition) is 6. The highest BCUT2D eigenvalue weighted by atomic mass is 32.2. The van der Waals surface area contributed by atoms with Crippen molar-refractivity contribution < 1.29 is 38.9 Å². The number of fused-ring (bicyclic) bond motifs is 1. The maximum absolute atomic E-state index is 12.9. The van der Waals surface area contributed by atoms with E-state index in [0.29, 0.717) is 64.7 Å². The van der Waals surface area contributed by atoms with Gasteiger partial charge in [-0.05, 0) is 36.1 Å². The number of carbonyl (C=O) groups is 4. The number of rotatable bonds is 27. The van der Waals surface area contributed by atoms with E-state index in [0.717, 1.165) is 74.1 Å². The normalized spacial score (nSPS) is 14.2. The topological polar surface area (TPSA) is 271 Å². The van der Waals surface area contributed by atoms with Gasteiger partial charge in [0.1, 0.15) is 22.5 Å². The van der Waals surface area contributed by atoms with Crippen molar-refractivity contribution in [1.82, 2.24) is 44.6 Å². The summed E-state index contributed by atoms with van der Waals surface area (Å²) in [6, 6.07) is 7.41. The maximum Gasteiger partial charge on any atom is 0.321 e. The molecule has 2 amide bonds. The third kappa shape index (κ3) is 14.9. The summed E-state index contributed by atoms with van der Waals surface area (Å²) in [7, 11) is 0. The van der Waals surface area contributed by atoms with Crippen molar-refractivity contribution in [3.63, 3.8) is 0 Å². The molecule has 3 aromatic heterocycles. The zero-order chi connectivity index (χ0) is 44.4. The van der Waals surface area contributed by atoms with E-state index in [1.165, 1.54) is 16.7 Å². The zero-order valence-corrected chi connectivity index (χ0v) is 36.4. The summed E-state index contributed by atoms with van der Waals surface area (Å²) in [5.41, 5.74) is 17.4. The van der Waals surface area contributed by atoms with Gasteiger partial charge in [-0.3, -0.25) is 24.1 Å². The lowest BCUT2D eigenvalue weighted by Gasteiger charge is -2.35. The van der Waals surface area contributed by atoms with E-state index in [4.69, 9.17) is 26.0 Å². The van der Waals surface area contributed by atoms with E-state index in [2.05, 4.69) is 72.4 Å². The van der Waals surface area contributed by atoms with Gasteiger partial charge in [-0.15, -0.1) is 16.9 Å². The Balaban J connectivity index is 0.922. The molecular weight excluding hydrogens is 821 g/mol. The Kier molecular flexibility index (Phi) is 18.7. The molecule has 1 aromatic carbocycles. The second-order valence-electron chi connectivity index (χ2n) is 15.2. The number of amides is 2. The summed E-state index contributed by atoms with van der Waals surface area (Å²) in [5, 5.41) is 31.2. The minimum Gasteiger partial charge on any atom is -0.480 e. The molecule has 0 saturated carbocycles. The molecule has 20 nitrogen and oxygen atoms in total. The van der Waals surface area contributed by atoms with E-state index in [1.807, 2.05) is 17.2 Å². The summed E-state index contributed by atoms with van der Waals surface area (Å²) in [6.45, 7) is 11.4. The molecule has 338 valence electrons. The third-order valence-electron chi connectivity index (χ3n) is 10.4. The molecule has 62 heavy (non-hydrogen) atoms. The number of piperazine rings is 1. The number of anilines is 2. The molecule has 0 bridgehead atoms. The van der Waals surface area contributed by atoms with E-state index in [9.17, 15) is 24.3 Å². The van der Waals surface area contributed by atoms with Gasteiger partial charge >= 0.3 is 11.9 Å². The van der Waals surface area contributed by atoms with Crippen LogP contribution < -0.4 is 22.1 Å². The predicted octanol–water partition coefficient (Wildman–Crippen LogP) is 1.94. The molecule has 21 heteroatoms. The van der Waals surface area contributed by atoms with Gasteiger partial charge in [0.25, 0.3) is 0 Å². The van der Waals surface area contributed by atoms with Crippen molar-refractivity contribution in [3.8, 4) is 0 Å². The highest BCUT2D eigenvalue weighted by Crippen LogP contribution is 2.25. The van der Waals surface area contributed by atoms with Crippen LogP contribution in [0.5, 0.6) is 0 Å². The first-order chi connectivity index (χ1) is 29.9. The van der Waals surface area contributed by atoms with Crippen molar-refractivity contribution in [3.05, 3.63) is 59.0 Å². The third-order valence-corrected chi connectivity index (χ3v) is 11.7. The lowest BCUT2D eigenvalue weighted by atomic mass is 10.0. The summed E-state index contributed by atoms with van der Waals surface area (Å²) in [5.74, 6) is -2.02. The molecule has 1 aliphatic rings. The van der Waals surface area contributed by atoms with Crippen molar-refractivity contribution in [1.29, 1.82) is 0 Å². The van der Waals surface area contributed by atoms with E-state index < -0.39 is 29.1 Å². The van der Waals surface area contributed by atoms with Crippen molar-refractivity contribution >= 4 is 58.3 Å². The average molecular weight is 881 g/mol. The Morgan fingerprint density at radius 1 is 0.968 bits per heavy atom. The number of nitrogen functional groups attached to an aromatic ring is 1. The molecule has 0 unspecified atom stereocenters. The van der Waals surface area contributed by atoms with Crippen LogP contribution in [0.2, 0.25) is 0 Å². The second kappa shape index (κ2) is 24.3. The predicted molar refractivity (Wildman–Crippen MR) is 234 cm³/mol. The lowest BCUT2D eigenvalue weighted by molar-refractivity contribution is -0.139. The van der Waals surface area contributed by atoms with Crippen LogP contribution in [0.15, 0.2) is 36.7 Å². The Morgan fingerprint density at radius 2 is 1.74 bits per heavy atom. The first kappa shape index (κ1) is 47.7. The molecule has 1 saturated heterocycles. The Morgan fingerprint density at radius 3 is 2.47 bits per heavy atom. The molecule has 4 aromatic rings. The Bertz CT molecular complexity index is 2090. The van der Waals surface area contributed by atoms with Crippen molar-refractivity contribution in [2.75, 3.05) is 76.0 Å². The van der Waals surface area contributed by atoms with Crippen LogP contribution in [0.4, 0.5) is 11.8 Å². The number of benzene rings is 1. The minimum atomic E-state index is -1.24. The monoisotopic (exact) mass is 880 g/mol. The van der Waals surface area contributed by atoms with Gasteiger partial charge < -0.3 is 51.3 Å². The quantitative estimate of drug-likeness (QED) is 0.0467. The highest BCUT2D eigenvalue weighted by Gasteiger charge is 2.25. The maximum atomic E-state index is 12.9. The summed E-state index contributed by atoms with van der Waals surface area (Å²) < 4.78 is 15.0. The van der Waals surface area contributed by atoms with Crippen LogP contribution >= 0.6 is 11.8 Å². The number of unbranched alkanes of at least 4 members (excludes halogenated alkanes) is 2. The van der Waals surface area contributed by atoms with Gasteiger partial charge in [-0.25, -0.2) is 9.67 Å². The van der Waals surface area contributed by atoms with Gasteiger partial charge in [-0.1, -0.05) is 43.2 Å². The van der Waals surface area contributed by atoms with Crippen LogP contribution in [-0.2, 0) is 54.8 Å². The van der Waals surface area contributed by atoms with Crippen LogP contribution in [0, 0.1) is 6.92 Å². The SMILES string of the molecule is CCCCCNc1nc(N)nc2ccn(Cc3ccc(CN4CCN(C(=O)CCOCCOCCn5cc(CNC(=O)C[C@H](SC[C@H](N)C(=O)O)C(=O)O)nn5)CC4)cc3C)c12. The Labute approximate surface area is 365 Å². The number of nitrogens with one attached hydrogen (secondary N) is 2. The number of ether oxygens (including phenoxy) is 2. The summed E-state index contributed by atoms with van der Waals surface area (Å²) in [4.78, 5) is 60.8. The van der Waals surface area contributed by atoms with E-state index in [1.54, 1.807) is 10.9 Å². The van der Waals surface area contributed by atoms with Crippen molar-refractivity contribution in [2.24, 2.45) is 5.73 Å². The molecule has 1 fully saturated rings. The summed E-state index contributed by atoms with van der Waals surface area (Å²) >= 11 is 0.803.